The number of nitrogens with two attached hydrogens (primary N) is 1. The summed E-state index contributed by atoms with van der Waals surface area (Å²) in [6.07, 6.45) is -4.56. The fourth-order valence-electron chi connectivity index (χ4n) is 2.81. The SMILES string of the molecule is CCOC(=O)c1sc(N)c(C#N)c1COC(=O)[C@@H](Nc1ccc(C(F)(F)F)cc1Cl)C(C)C. The minimum atomic E-state index is -4.56. The smallest absolute Gasteiger partial charge is 0.416 e. The zero-order valence-corrected chi connectivity index (χ0v) is 19.5. The van der Waals surface area contributed by atoms with Gasteiger partial charge in [-0.15, -0.1) is 11.3 Å². The molecule has 3 N–H and O–H groups in total. The van der Waals surface area contributed by atoms with Crippen LogP contribution in [-0.4, -0.2) is 24.6 Å². The summed E-state index contributed by atoms with van der Waals surface area (Å²) in [6.45, 7) is 4.69. The zero-order chi connectivity index (χ0) is 24.9. The van der Waals surface area contributed by atoms with Crippen LogP contribution in [0.2, 0.25) is 5.02 Å². The number of nitrogen functional groups attached to an aromatic ring is 1. The molecule has 1 atom stereocenters. The number of nitrogens with zero attached hydrogens (tertiary/aromatic N) is 1. The summed E-state index contributed by atoms with van der Waals surface area (Å²) in [4.78, 5) is 25.0. The number of halogens is 4. The fourth-order valence-corrected chi connectivity index (χ4v) is 3.97. The standard InChI is InChI=1S/C21H21ClF3N3O4S/c1-4-31-20(30)17-13(12(8-26)18(27)33-17)9-32-19(29)16(10(2)3)28-15-6-5-11(7-14(15)22)21(23,24)25/h5-7,10,16,28H,4,9,27H2,1-3H3/t16-/m0/s1. The van der Waals surface area contributed by atoms with Gasteiger partial charge >= 0.3 is 18.1 Å². The molecular formula is C21H21ClF3N3O4S. The average molecular weight is 504 g/mol. The largest absolute Gasteiger partial charge is 0.462 e. The number of carbonyl (C=O) groups excluding carboxylic acids is 2. The highest BCUT2D eigenvalue weighted by molar-refractivity contribution is 7.18. The van der Waals surface area contributed by atoms with Crippen LogP contribution in [0.4, 0.5) is 23.9 Å². The van der Waals surface area contributed by atoms with Crippen LogP contribution in [0.3, 0.4) is 0 Å². The number of anilines is 2. The summed E-state index contributed by atoms with van der Waals surface area (Å²) < 4.78 is 48.9. The molecule has 0 unspecified atom stereocenters. The van der Waals surface area contributed by atoms with E-state index in [1.807, 2.05) is 6.07 Å². The van der Waals surface area contributed by atoms with Crippen molar-refractivity contribution in [1.82, 2.24) is 0 Å². The Morgan fingerprint density at radius 2 is 1.97 bits per heavy atom. The van der Waals surface area contributed by atoms with E-state index in [1.54, 1.807) is 20.8 Å². The summed E-state index contributed by atoms with van der Waals surface area (Å²) in [6, 6.07) is 3.63. The number of nitriles is 1. The zero-order valence-electron chi connectivity index (χ0n) is 17.9. The van der Waals surface area contributed by atoms with E-state index in [0.29, 0.717) is 0 Å². The second-order valence-corrected chi connectivity index (χ2v) is 8.61. The van der Waals surface area contributed by atoms with Crippen molar-refractivity contribution in [3.8, 4) is 6.07 Å². The molecule has 2 aromatic rings. The first kappa shape index (κ1) is 26.3. The first-order valence-corrected chi connectivity index (χ1v) is 10.9. The molecule has 0 aliphatic carbocycles. The highest BCUT2D eigenvalue weighted by Crippen LogP contribution is 2.35. The minimum absolute atomic E-state index is 0.00990. The van der Waals surface area contributed by atoms with E-state index in [4.69, 9.17) is 26.8 Å². The summed E-state index contributed by atoms with van der Waals surface area (Å²) in [5.74, 6) is -1.80. The van der Waals surface area contributed by atoms with Crippen molar-refractivity contribution in [3.05, 3.63) is 44.8 Å². The third-order valence-electron chi connectivity index (χ3n) is 4.49. The predicted octanol–water partition coefficient (Wildman–Crippen LogP) is 5.23. The first-order chi connectivity index (χ1) is 15.4. The van der Waals surface area contributed by atoms with Crippen LogP contribution < -0.4 is 11.1 Å². The van der Waals surface area contributed by atoms with Gasteiger partial charge in [0.25, 0.3) is 0 Å². The van der Waals surface area contributed by atoms with Crippen LogP contribution in [0.5, 0.6) is 0 Å². The van der Waals surface area contributed by atoms with Gasteiger partial charge in [0.1, 0.15) is 28.6 Å². The molecule has 0 amide bonds. The number of benzene rings is 1. The number of esters is 2. The molecule has 1 aromatic heterocycles. The molecule has 1 heterocycles. The minimum Gasteiger partial charge on any atom is -0.462 e. The quantitative estimate of drug-likeness (QED) is 0.474. The average Bonchev–Trinajstić information content (AvgIpc) is 3.05. The van der Waals surface area contributed by atoms with E-state index >= 15 is 0 Å². The van der Waals surface area contributed by atoms with Crippen LogP contribution in [-0.2, 0) is 27.1 Å². The van der Waals surface area contributed by atoms with E-state index in [-0.39, 0.29) is 44.2 Å². The Balaban J connectivity index is 2.23. The third-order valence-corrected chi connectivity index (χ3v) is 5.85. The van der Waals surface area contributed by atoms with Crippen LogP contribution >= 0.6 is 22.9 Å². The fraction of sp³-hybridized carbons (Fsp3) is 0.381. The number of carbonyl (C=O) groups is 2. The van der Waals surface area contributed by atoms with Gasteiger partial charge in [0.15, 0.2) is 0 Å². The van der Waals surface area contributed by atoms with Crippen molar-refractivity contribution in [3.63, 3.8) is 0 Å². The van der Waals surface area contributed by atoms with Crippen molar-refractivity contribution in [2.24, 2.45) is 5.92 Å². The van der Waals surface area contributed by atoms with E-state index in [2.05, 4.69) is 5.32 Å². The van der Waals surface area contributed by atoms with Gasteiger partial charge in [-0.3, -0.25) is 0 Å². The maximum absolute atomic E-state index is 12.9. The second kappa shape index (κ2) is 10.8. The van der Waals surface area contributed by atoms with Crippen LogP contribution in [0.1, 0.15) is 47.1 Å². The number of nitrogens with one attached hydrogen (secondary N) is 1. The van der Waals surface area contributed by atoms with Crippen LogP contribution in [0, 0.1) is 17.2 Å². The Hall–Kier alpha value is -2.97. The lowest BCUT2D eigenvalue weighted by molar-refractivity contribution is -0.147. The van der Waals surface area contributed by atoms with Gasteiger partial charge in [-0.2, -0.15) is 18.4 Å². The second-order valence-electron chi connectivity index (χ2n) is 7.15. The van der Waals surface area contributed by atoms with Gasteiger partial charge in [0, 0.05) is 5.56 Å². The molecule has 0 saturated heterocycles. The molecule has 1 aromatic carbocycles. The molecule has 0 radical (unpaired) electrons. The first-order valence-electron chi connectivity index (χ1n) is 9.68. The molecule has 0 spiro atoms. The normalized spacial score (nSPS) is 12.2. The number of hydrogen-bond acceptors (Lipinski definition) is 8. The summed E-state index contributed by atoms with van der Waals surface area (Å²) in [5, 5.41) is 12.0. The molecule has 0 bridgehead atoms. The van der Waals surface area contributed by atoms with Gasteiger partial charge in [-0.05, 0) is 31.0 Å². The molecule has 0 saturated carbocycles. The Morgan fingerprint density at radius 3 is 2.48 bits per heavy atom. The molecular weight excluding hydrogens is 483 g/mol. The van der Waals surface area contributed by atoms with Gasteiger partial charge in [-0.1, -0.05) is 25.4 Å². The van der Waals surface area contributed by atoms with E-state index in [9.17, 15) is 28.0 Å². The van der Waals surface area contributed by atoms with Crippen LogP contribution in [0.15, 0.2) is 18.2 Å². The Labute approximate surface area is 197 Å². The number of ether oxygens (including phenoxy) is 2. The maximum atomic E-state index is 12.9. The highest BCUT2D eigenvalue weighted by Gasteiger charge is 2.32. The van der Waals surface area contributed by atoms with E-state index in [1.165, 1.54) is 0 Å². The number of rotatable bonds is 8. The molecule has 2 rings (SSSR count). The summed E-state index contributed by atoms with van der Waals surface area (Å²) >= 11 is 6.83. The molecule has 0 aliphatic rings. The summed E-state index contributed by atoms with van der Waals surface area (Å²) in [7, 11) is 0. The molecule has 33 heavy (non-hydrogen) atoms. The Bertz CT molecular complexity index is 1080. The molecule has 0 aliphatic heterocycles. The number of hydrogen-bond donors (Lipinski definition) is 2. The lowest BCUT2D eigenvalue weighted by Gasteiger charge is -2.23. The predicted molar refractivity (Wildman–Crippen MR) is 118 cm³/mol. The van der Waals surface area contributed by atoms with Crippen molar-refractivity contribution in [1.29, 1.82) is 5.26 Å². The Morgan fingerprint density at radius 1 is 1.30 bits per heavy atom. The highest BCUT2D eigenvalue weighted by atomic mass is 35.5. The van der Waals surface area contributed by atoms with Crippen molar-refractivity contribution >= 4 is 45.6 Å². The van der Waals surface area contributed by atoms with Gasteiger partial charge in [0.2, 0.25) is 0 Å². The molecule has 0 fully saturated rings. The molecule has 7 nitrogen and oxygen atoms in total. The van der Waals surface area contributed by atoms with Crippen molar-refractivity contribution in [2.75, 3.05) is 17.7 Å². The van der Waals surface area contributed by atoms with Crippen LogP contribution in [0.25, 0.3) is 0 Å². The molecule has 12 heteroatoms. The van der Waals surface area contributed by atoms with E-state index in [0.717, 1.165) is 29.5 Å². The van der Waals surface area contributed by atoms with Gasteiger partial charge < -0.3 is 20.5 Å². The summed E-state index contributed by atoms with van der Waals surface area (Å²) in [5.41, 5.74) is 5.13. The maximum Gasteiger partial charge on any atom is 0.416 e. The topological polar surface area (TPSA) is 114 Å². The monoisotopic (exact) mass is 503 g/mol. The lowest BCUT2D eigenvalue weighted by Crippen LogP contribution is -2.36. The van der Waals surface area contributed by atoms with Gasteiger partial charge in [0.05, 0.1) is 28.4 Å². The number of alkyl halides is 3. The lowest BCUT2D eigenvalue weighted by atomic mass is 10.0. The molecule has 178 valence electrons. The third kappa shape index (κ3) is 6.30. The number of thiophene rings is 1. The van der Waals surface area contributed by atoms with E-state index < -0.39 is 36.3 Å². The Kier molecular flexibility index (Phi) is 8.57. The van der Waals surface area contributed by atoms with Gasteiger partial charge in [-0.25, -0.2) is 9.59 Å². The van der Waals surface area contributed by atoms with Crippen molar-refractivity contribution in [2.45, 2.75) is 39.6 Å². The van der Waals surface area contributed by atoms with Crippen molar-refractivity contribution < 1.29 is 32.2 Å².